The first-order chi connectivity index (χ1) is 12.1. The number of aromatic nitrogens is 2. The number of anilines is 3. The molecule has 3 rings (SSSR count). The summed E-state index contributed by atoms with van der Waals surface area (Å²) in [6.07, 6.45) is 4.48. The second kappa shape index (κ2) is 7.78. The van der Waals surface area contributed by atoms with Gasteiger partial charge < -0.3 is 16.0 Å². The molecule has 1 fully saturated rings. The zero-order valence-corrected chi connectivity index (χ0v) is 14.0. The molecule has 0 aliphatic carbocycles. The third-order valence-electron chi connectivity index (χ3n) is 4.27. The van der Waals surface area contributed by atoms with Crippen LogP contribution in [0.5, 0.6) is 0 Å². The number of nitrogens with one attached hydrogen (secondary N) is 1. The zero-order chi connectivity index (χ0) is 17.6. The topological polar surface area (TPSA) is 110 Å². The molecule has 0 radical (unpaired) electrons. The number of hydrogen-bond acceptors (Lipinski definition) is 7. The van der Waals surface area contributed by atoms with Crippen LogP contribution in [-0.2, 0) is 6.54 Å². The van der Waals surface area contributed by atoms with Crippen LogP contribution in [-0.4, -0.2) is 28.0 Å². The standard InChI is InChI=1S/C17H22N6O2/c18-15-14(23(24)25)16(19-12-13-8-4-3-5-9-13)21-17(20-15)22-10-6-1-2-7-11-22/h3-5,8-9H,1-2,6-7,10-12H2,(H3,18,19,20,21). The van der Waals surface area contributed by atoms with E-state index in [2.05, 4.69) is 20.2 Å². The predicted octanol–water partition coefficient (Wildman–Crippen LogP) is 2.96. The Labute approximate surface area is 146 Å². The lowest BCUT2D eigenvalue weighted by Crippen LogP contribution is -2.27. The highest BCUT2D eigenvalue weighted by molar-refractivity contribution is 5.70. The van der Waals surface area contributed by atoms with Gasteiger partial charge >= 0.3 is 5.69 Å². The van der Waals surface area contributed by atoms with Gasteiger partial charge in [0.2, 0.25) is 17.6 Å². The quantitative estimate of drug-likeness (QED) is 0.635. The Morgan fingerprint density at radius 3 is 2.44 bits per heavy atom. The van der Waals surface area contributed by atoms with Crippen LogP contribution in [0.15, 0.2) is 30.3 Å². The smallest absolute Gasteiger partial charge is 0.353 e. The van der Waals surface area contributed by atoms with Crippen molar-refractivity contribution in [3.8, 4) is 0 Å². The Morgan fingerprint density at radius 1 is 1.12 bits per heavy atom. The second-order valence-electron chi connectivity index (χ2n) is 6.10. The molecule has 0 unspecified atom stereocenters. The van der Waals surface area contributed by atoms with E-state index in [9.17, 15) is 10.1 Å². The lowest BCUT2D eigenvalue weighted by atomic mass is 10.2. The summed E-state index contributed by atoms with van der Waals surface area (Å²) in [5, 5.41) is 14.4. The normalized spacial score (nSPS) is 14.8. The zero-order valence-electron chi connectivity index (χ0n) is 14.0. The maximum atomic E-state index is 11.4. The minimum Gasteiger partial charge on any atom is -0.378 e. The molecule has 1 aliphatic rings. The van der Waals surface area contributed by atoms with Gasteiger partial charge in [-0.2, -0.15) is 9.97 Å². The highest BCUT2D eigenvalue weighted by Gasteiger charge is 2.25. The molecule has 0 amide bonds. The highest BCUT2D eigenvalue weighted by Crippen LogP contribution is 2.31. The van der Waals surface area contributed by atoms with Gasteiger partial charge in [0.25, 0.3) is 0 Å². The van der Waals surface area contributed by atoms with E-state index in [-0.39, 0.29) is 17.3 Å². The van der Waals surface area contributed by atoms with Crippen LogP contribution in [0.1, 0.15) is 31.2 Å². The number of nitrogen functional groups attached to an aromatic ring is 1. The fourth-order valence-corrected chi connectivity index (χ4v) is 2.96. The monoisotopic (exact) mass is 342 g/mol. The molecular formula is C17H22N6O2. The van der Waals surface area contributed by atoms with Crippen molar-refractivity contribution in [1.29, 1.82) is 0 Å². The summed E-state index contributed by atoms with van der Waals surface area (Å²) in [5.74, 6) is 0.524. The van der Waals surface area contributed by atoms with Gasteiger partial charge in [-0.15, -0.1) is 0 Å². The lowest BCUT2D eigenvalue weighted by molar-refractivity contribution is -0.383. The maximum absolute atomic E-state index is 11.4. The molecule has 2 aromatic rings. The minimum absolute atomic E-state index is 0.102. The van der Waals surface area contributed by atoms with Gasteiger partial charge in [-0.3, -0.25) is 10.1 Å². The lowest BCUT2D eigenvalue weighted by Gasteiger charge is -2.21. The van der Waals surface area contributed by atoms with E-state index in [1.807, 2.05) is 30.3 Å². The molecule has 25 heavy (non-hydrogen) atoms. The fraction of sp³-hybridized carbons (Fsp3) is 0.412. The van der Waals surface area contributed by atoms with Crippen molar-refractivity contribution in [3.05, 3.63) is 46.0 Å². The number of rotatable bonds is 5. The summed E-state index contributed by atoms with van der Waals surface area (Å²) in [4.78, 5) is 21.5. The number of nitrogens with zero attached hydrogens (tertiary/aromatic N) is 4. The minimum atomic E-state index is -0.533. The van der Waals surface area contributed by atoms with Crippen LogP contribution in [0.25, 0.3) is 0 Å². The van der Waals surface area contributed by atoms with Gasteiger partial charge in [0.15, 0.2) is 0 Å². The fourth-order valence-electron chi connectivity index (χ4n) is 2.96. The molecule has 1 aromatic carbocycles. The molecule has 1 aliphatic heterocycles. The largest absolute Gasteiger partial charge is 0.378 e. The Balaban J connectivity index is 1.88. The molecular weight excluding hydrogens is 320 g/mol. The molecule has 0 spiro atoms. The third kappa shape index (κ3) is 4.14. The number of benzene rings is 1. The summed E-state index contributed by atoms with van der Waals surface area (Å²) >= 11 is 0. The van der Waals surface area contributed by atoms with Crippen LogP contribution in [0.3, 0.4) is 0 Å². The van der Waals surface area contributed by atoms with Gasteiger partial charge in [-0.1, -0.05) is 43.2 Å². The summed E-state index contributed by atoms with van der Waals surface area (Å²) < 4.78 is 0. The van der Waals surface area contributed by atoms with Crippen LogP contribution in [0.2, 0.25) is 0 Å². The van der Waals surface area contributed by atoms with Crippen LogP contribution < -0.4 is 16.0 Å². The molecule has 1 saturated heterocycles. The molecule has 0 saturated carbocycles. The first kappa shape index (κ1) is 16.9. The van der Waals surface area contributed by atoms with E-state index in [1.165, 1.54) is 12.8 Å². The number of nitro groups is 1. The predicted molar refractivity (Wildman–Crippen MR) is 97.5 cm³/mol. The molecule has 3 N–H and O–H groups in total. The Morgan fingerprint density at radius 2 is 1.80 bits per heavy atom. The van der Waals surface area contributed by atoms with Crippen molar-refractivity contribution in [3.63, 3.8) is 0 Å². The van der Waals surface area contributed by atoms with E-state index in [1.54, 1.807) is 0 Å². The van der Waals surface area contributed by atoms with Crippen molar-refractivity contribution >= 4 is 23.3 Å². The van der Waals surface area contributed by atoms with Crippen LogP contribution in [0, 0.1) is 10.1 Å². The number of nitrogens with two attached hydrogens (primary N) is 1. The van der Waals surface area contributed by atoms with Crippen molar-refractivity contribution in [2.75, 3.05) is 29.0 Å². The Bertz CT molecular complexity index is 729. The summed E-state index contributed by atoms with van der Waals surface area (Å²) in [6, 6.07) is 9.65. The Hall–Kier alpha value is -2.90. The maximum Gasteiger partial charge on any atom is 0.353 e. The SMILES string of the molecule is Nc1nc(N2CCCCCC2)nc(NCc2ccccc2)c1[N+](=O)[O-]. The van der Waals surface area contributed by atoms with E-state index in [0.29, 0.717) is 12.5 Å². The van der Waals surface area contributed by atoms with Gasteiger partial charge in [-0.25, -0.2) is 0 Å². The highest BCUT2D eigenvalue weighted by atomic mass is 16.6. The molecule has 0 bridgehead atoms. The van der Waals surface area contributed by atoms with Crippen LogP contribution >= 0.6 is 0 Å². The molecule has 132 valence electrons. The average molecular weight is 342 g/mol. The molecule has 8 heteroatoms. The first-order valence-electron chi connectivity index (χ1n) is 8.50. The molecule has 1 aromatic heterocycles. The van der Waals surface area contributed by atoms with Gasteiger partial charge in [0, 0.05) is 19.6 Å². The summed E-state index contributed by atoms with van der Waals surface area (Å²) in [6.45, 7) is 2.11. The molecule has 8 nitrogen and oxygen atoms in total. The average Bonchev–Trinajstić information content (AvgIpc) is 2.89. The van der Waals surface area contributed by atoms with Crippen molar-refractivity contribution in [2.24, 2.45) is 0 Å². The summed E-state index contributed by atoms with van der Waals surface area (Å²) in [5.41, 5.74) is 6.61. The summed E-state index contributed by atoms with van der Waals surface area (Å²) in [7, 11) is 0. The van der Waals surface area contributed by atoms with E-state index in [0.717, 1.165) is 31.5 Å². The van der Waals surface area contributed by atoms with Gasteiger partial charge in [0.1, 0.15) is 0 Å². The molecule has 0 atom stereocenters. The first-order valence-corrected chi connectivity index (χ1v) is 8.50. The van der Waals surface area contributed by atoms with Crippen molar-refractivity contribution < 1.29 is 4.92 Å². The van der Waals surface area contributed by atoms with E-state index < -0.39 is 4.92 Å². The second-order valence-corrected chi connectivity index (χ2v) is 6.10. The van der Waals surface area contributed by atoms with Gasteiger partial charge in [-0.05, 0) is 18.4 Å². The van der Waals surface area contributed by atoms with Gasteiger partial charge in [0.05, 0.1) is 4.92 Å². The third-order valence-corrected chi connectivity index (χ3v) is 4.27. The Kier molecular flexibility index (Phi) is 5.27. The van der Waals surface area contributed by atoms with E-state index in [4.69, 9.17) is 5.73 Å². The van der Waals surface area contributed by atoms with Crippen molar-refractivity contribution in [2.45, 2.75) is 32.2 Å². The van der Waals surface area contributed by atoms with E-state index >= 15 is 0 Å². The molecule has 2 heterocycles. The van der Waals surface area contributed by atoms with Crippen LogP contribution in [0.4, 0.5) is 23.3 Å². The van der Waals surface area contributed by atoms with Crippen molar-refractivity contribution in [1.82, 2.24) is 9.97 Å². The number of hydrogen-bond donors (Lipinski definition) is 2.